The van der Waals surface area contributed by atoms with E-state index in [4.69, 9.17) is 21.1 Å². The Morgan fingerprint density at radius 1 is 1.02 bits per heavy atom. The van der Waals surface area contributed by atoms with Gasteiger partial charge >= 0.3 is 0 Å². The number of rotatable bonds is 6. The molecule has 1 aliphatic heterocycles. The summed E-state index contributed by atoms with van der Waals surface area (Å²) in [4.78, 5) is 29.0. The Balaban J connectivity index is 1.11. The number of hydrogen-bond acceptors (Lipinski definition) is 8. The Bertz CT molecular complexity index is 2330. The van der Waals surface area contributed by atoms with Crippen LogP contribution >= 0.6 is 11.6 Å². The second-order valence-corrected chi connectivity index (χ2v) is 13.4. The predicted molar refractivity (Wildman–Crippen MR) is 181 cm³/mol. The van der Waals surface area contributed by atoms with E-state index >= 15 is 0 Å². The molecule has 4 aromatic carbocycles. The quantitative estimate of drug-likeness (QED) is 0.130. The standard InChI is InChI=1S/C37H28ClN5O5/c1-37(2)17-32(44)36-34(18-37)48-33-15-22-5-9-27(13-23(22)14-29(33)35(36)21-3-7-26(8-4-21)43(45)46)47-20-25-19-42(41-40-25)31-11-12-39-30-16-24(38)6-10-28(30)31/h3-16,19,35H,17-18,20H2,1-2H3. The van der Waals surface area contributed by atoms with Crippen LogP contribution in [0.1, 0.15) is 49.4 Å². The van der Waals surface area contributed by atoms with Crippen molar-refractivity contribution in [3.8, 4) is 17.2 Å². The maximum Gasteiger partial charge on any atom is 0.269 e. The number of pyridine rings is 1. The number of aromatic nitrogens is 4. The number of ketones is 1. The minimum atomic E-state index is -0.423. The average molecular weight is 658 g/mol. The zero-order chi connectivity index (χ0) is 33.2. The zero-order valence-electron chi connectivity index (χ0n) is 26.0. The van der Waals surface area contributed by atoms with Crippen LogP contribution in [0.3, 0.4) is 0 Å². The first-order chi connectivity index (χ1) is 23.1. The number of benzene rings is 4. The number of Topliss-reactive ketones (excluding diaryl/α,β-unsaturated/α-hetero) is 1. The van der Waals surface area contributed by atoms with Crippen molar-refractivity contribution in [2.75, 3.05) is 0 Å². The molecule has 0 saturated carbocycles. The van der Waals surface area contributed by atoms with Gasteiger partial charge in [0.25, 0.3) is 5.69 Å². The Kier molecular flexibility index (Phi) is 6.99. The van der Waals surface area contributed by atoms with Crippen LogP contribution in [0.4, 0.5) is 5.69 Å². The van der Waals surface area contributed by atoms with Gasteiger partial charge in [0.2, 0.25) is 0 Å². The average Bonchev–Trinajstić information content (AvgIpc) is 3.53. The molecule has 0 amide bonds. The number of ether oxygens (including phenoxy) is 2. The van der Waals surface area contributed by atoms with Crippen molar-refractivity contribution >= 4 is 44.7 Å². The molecule has 238 valence electrons. The monoisotopic (exact) mass is 657 g/mol. The molecule has 1 unspecified atom stereocenters. The van der Waals surface area contributed by atoms with E-state index in [2.05, 4.69) is 29.1 Å². The van der Waals surface area contributed by atoms with Gasteiger partial charge < -0.3 is 9.47 Å². The van der Waals surface area contributed by atoms with Crippen molar-refractivity contribution in [2.24, 2.45) is 5.41 Å². The first-order valence-corrected chi connectivity index (χ1v) is 15.8. The van der Waals surface area contributed by atoms with Crippen molar-refractivity contribution in [1.29, 1.82) is 0 Å². The lowest BCUT2D eigenvalue weighted by Gasteiger charge is -2.38. The third-order valence-corrected chi connectivity index (χ3v) is 9.18. The summed E-state index contributed by atoms with van der Waals surface area (Å²) in [6.45, 7) is 4.32. The van der Waals surface area contributed by atoms with Gasteiger partial charge in [0.05, 0.1) is 22.3 Å². The smallest absolute Gasteiger partial charge is 0.269 e. The van der Waals surface area contributed by atoms with E-state index in [1.807, 2.05) is 60.8 Å². The summed E-state index contributed by atoms with van der Waals surface area (Å²) in [5.41, 5.74) is 4.24. The number of allylic oxidation sites excluding steroid dienone is 2. The Labute approximate surface area is 279 Å². The lowest BCUT2D eigenvalue weighted by molar-refractivity contribution is -0.384. The number of nitrogens with zero attached hydrogens (tertiary/aromatic N) is 5. The molecule has 1 aliphatic carbocycles. The van der Waals surface area contributed by atoms with E-state index < -0.39 is 10.8 Å². The molecule has 3 heterocycles. The summed E-state index contributed by atoms with van der Waals surface area (Å²) in [7, 11) is 0. The fraction of sp³-hybridized carbons (Fsp3) is 0.189. The SMILES string of the molecule is CC1(C)CC(=O)C2=C(C1)Oc1cc3ccc(OCc4cn(-c5ccnc6cc(Cl)ccc56)nn4)cc3cc1C2c1ccc([N+](=O)[O-])cc1. The molecule has 10 nitrogen and oxygen atoms in total. The van der Waals surface area contributed by atoms with Crippen molar-refractivity contribution in [3.05, 3.63) is 135 Å². The molecule has 0 bridgehead atoms. The normalized spacial score (nSPS) is 16.8. The van der Waals surface area contributed by atoms with Crippen molar-refractivity contribution in [2.45, 2.75) is 39.2 Å². The van der Waals surface area contributed by atoms with E-state index in [1.165, 1.54) is 12.1 Å². The van der Waals surface area contributed by atoms with Crippen LogP contribution in [0.2, 0.25) is 5.02 Å². The van der Waals surface area contributed by atoms with Gasteiger partial charge in [0, 0.05) is 58.6 Å². The summed E-state index contributed by atoms with van der Waals surface area (Å²) in [6.07, 6.45) is 4.55. The third-order valence-electron chi connectivity index (χ3n) is 8.95. The minimum Gasteiger partial charge on any atom is -0.487 e. The van der Waals surface area contributed by atoms with Crippen LogP contribution in [0.5, 0.6) is 11.5 Å². The van der Waals surface area contributed by atoms with Gasteiger partial charge in [0.15, 0.2) is 5.78 Å². The van der Waals surface area contributed by atoms with Gasteiger partial charge in [-0.25, -0.2) is 4.68 Å². The van der Waals surface area contributed by atoms with Crippen LogP contribution < -0.4 is 9.47 Å². The lowest BCUT2D eigenvalue weighted by atomic mass is 9.70. The molecule has 0 radical (unpaired) electrons. The summed E-state index contributed by atoms with van der Waals surface area (Å²) in [5.74, 6) is 1.59. The molecule has 0 spiro atoms. The highest BCUT2D eigenvalue weighted by Crippen LogP contribution is 2.51. The maximum absolute atomic E-state index is 13.6. The van der Waals surface area contributed by atoms with Crippen LogP contribution in [0.15, 0.2) is 103 Å². The molecule has 2 aliphatic rings. The lowest BCUT2D eigenvalue weighted by Crippen LogP contribution is -2.32. The molecule has 48 heavy (non-hydrogen) atoms. The largest absolute Gasteiger partial charge is 0.487 e. The molecule has 6 aromatic rings. The van der Waals surface area contributed by atoms with Gasteiger partial charge in [0.1, 0.15) is 29.6 Å². The molecule has 1 atom stereocenters. The van der Waals surface area contributed by atoms with Crippen LogP contribution in [-0.4, -0.2) is 30.7 Å². The first kappa shape index (κ1) is 29.8. The van der Waals surface area contributed by atoms with E-state index in [0.29, 0.717) is 46.4 Å². The molecular formula is C37H28ClN5O5. The fourth-order valence-corrected chi connectivity index (χ4v) is 6.90. The van der Waals surface area contributed by atoms with E-state index in [0.717, 1.165) is 38.5 Å². The van der Waals surface area contributed by atoms with Crippen LogP contribution in [0, 0.1) is 15.5 Å². The summed E-state index contributed by atoms with van der Waals surface area (Å²) in [6, 6.07) is 23.7. The van der Waals surface area contributed by atoms with E-state index in [1.54, 1.807) is 23.0 Å². The molecule has 11 heteroatoms. The number of nitro benzene ring substituents is 1. The topological polar surface area (TPSA) is 122 Å². The van der Waals surface area contributed by atoms with Crippen molar-refractivity contribution < 1.29 is 19.2 Å². The van der Waals surface area contributed by atoms with Crippen LogP contribution in [0.25, 0.3) is 27.4 Å². The highest BCUT2D eigenvalue weighted by Gasteiger charge is 2.42. The molecule has 8 rings (SSSR count). The summed E-state index contributed by atoms with van der Waals surface area (Å²) >= 11 is 6.15. The van der Waals surface area contributed by atoms with Gasteiger partial charge in [-0.3, -0.25) is 19.9 Å². The third kappa shape index (κ3) is 5.33. The number of nitro groups is 1. The second kappa shape index (κ2) is 11.3. The number of fused-ring (bicyclic) bond motifs is 3. The number of carbonyl (C=O) groups excluding carboxylic acids is 1. The zero-order valence-corrected chi connectivity index (χ0v) is 26.8. The minimum absolute atomic E-state index is 0.00397. The molecule has 0 N–H and O–H groups in total. The molecular weight excluding hydrogens is 630 g/mol. The maximum atomic E-state index is 13.6. The Morgan fingerprint density at radius 2 is 1.85 bits per heavy atom. The van der Waals surface area contributed by atoms with E-state index in [-0.39, 0.29) is 23.5 Å². The number of halogens is 1. The van der Waals surface area contributed by atoms with Gasteiger partial charge in [-0.1, -0.05) is 48.9 Å². The molecule has 2 aromatic heterocycles. The first-order valence-electron chi connectivity index (χ1n) is 15.5. The van der Waals surface area contributed by atoms with Crippen LogP contribution in [-0.2, 0) is 11.4 Å². The Hall–Kier alpha value is -5.61. The van der Waals surface area contributed by atoms with E-state index in [9.17, 15) is 14.9 Å². The van der Waals surface area contributed by atoms with Crippen molar-refractivity contribution in [3.63, 3.8) is 0 Å². The molecule has 0 saturated heterocycles. The number of non-ortho nitro benzene ring substituents is 1. The van der Waals surface area contributed by atoms with Gasteiger partial charge in [-0.05, 0) is 70.3 Å². The number of carbonyl (C=O) groups is 1. The summed E-state index contributed by atoms with van der Waals surface area (Å²) in [5, 5.41) is 23.4. The second-order valence-electron chi connectivity index (χ2n) is 13.0. The highest BCUT2D eigenvalue weighted by atomic mass is 35.5. The summed E-state index contributed by atoms with van der Waals surface area (Å²) < 4.78 is 14.3. The van der Waals surface area contributed by atoms with Gasteiger partial charge in [-0.15, -0.1) is 5.10 Å². The predicted octanol–water partition coefficient (Wildman–Crippen LogP) is 8.28. The fourth-order valence-electron chi connectivity index (χ4n) is 6.74. The molecule has 0 fully saturated rings. The van der Waals surface area contributed by atoms with Gasteiger partial charge in [-0.2, -0.15) is 0 Å². The number of hydrogen-bond donors (Lipinski definition) is 0. The Morgan fingerprint density at radius 3 is 2.67 bits per heavy atom. The highest BCUT2D eigenvalue weighted by molar-refractivity contribution is 6.31. The van der Waals surface area contributed by atoms with Crippen molar-refractivity contribution in [1.82, 2.24) is 20.0 Å².